The molecule has 0 saturated carbocycles. The maximum atomic E-state index is 5.35. The lowest BCUT2D eigenvalue weighted by atomic mass is 10.2. The van der Waals surface area contributed by atoms with Gasteiger partial charge in [-0.1, -0.05) is 29.8 Å². The van der Waals surface area contributed by atoms with E-state index in [1.807, 2.05) is 12.1 Å². The first-order valence-electron chi connectivity index (χ1n) is 5.22. The molecule has 0 aliphatic rings. The van der Waals surface area contributed by atoms with Gasteiger partial charge < -0.3 is 14.8 Å². The molecule has 1 aromatic rings. The van der Waals surface area contributed by atoms with E-state index >= 15 is 0 Å². The van der Waals surface area contributed by atoms with E-state index in [0.717, 1.165) is 28.1 Å². The summed E-state index contributed by atoms with van der Waals surface area (Å²) in [7, 11) is 3.31. The molecule has 0 aliphatic carbocycles. The highest BCUT2D eigenvalue weighted by molar-refractivity contribution is 9.10. The van der Waals surface area contributed by atoms with Crippen molar-refractivity contribution in [3.05, 3.63) is 22.2 Å². The van der Waals surface area contributed by atoms with Gasteiger partial charge in [0.15, 0.2) is 0 Å². The average molecular weight is 288 g/mol. The highest BCUT2D eigenvalue weighted by atomic mass is 79.9. The SMILES string of the molecule is COc1cc(Br)c(CNC(C)C)c(OC)c1. The van der Waals surface area contributed by atoms with Crippen molar-refractivity contribution in [2.45, 2.75) is 26.4 Å². The number of hydrogen-bond acceptors (Lipinski definition) is 3. The Balaban J connectivity index is 2.97. The monoisotopic (exact) mass is 287 g/mol. The number of rotatable bonds is 5. The minimum atomic E-state index is 0.443. The molecule has 3 nitrogen and oxygen atoms in total. The van der Waals surface area contributed by atoms with Crippen LogP contribution >= 0.6 is 15.9 Å². The summed E-state index contributed by atoms with van der Waals surface area (Å²) in [4.78, 5) is 0. The van der Waals surface area contributed by atoms with Crippen LogP contribution in [-0.4, -0.2) is 20.3 Å². The minimum absolute atomic E-state index is 0.443. The number of ether oxygens (including phenoxy) is 2. The summed E-state index contributed by atoms with van der Waals surface area (Å²) >= 11 is 3.53. The molecule has 16 heavy (non-hydrogen) atoms. The summed E-state index contributed by atoms with van der Waals surface area (Å²) in [5, 5.41) is 3.36. The molecule has 0 aliphatic heterocycles. The van der Waals surface area contributed by atoms with Crippen molar-refractivity contribution in [3.63, 3.8) is 0 Å². The second-order valence-electron chi connectivity index (χ2n) is 3.83. The van der Waals surface area contributed by atoms with E-state index < -0.39 is 0 Å². The van der Waals surface area contributed by atoms with Crippen molar-refractivity contribution in [1.29, 1.82) is 0 Å². The Hall–Kier alpha value is -0.740. The number of benzene rings is 1. The molecule has 1 aromatic carbocycles. The third kappa shape index (κ3) is 3.39. The molecule has 0 bridgehead atoms. The molecule has 0 radical (unpaired) electrons. The zero-order valence-electron chi connectivity index (χ0n) is 10.1. The smallest absolute Gasteiger partial charge is 0.128 e. The highest BCUT2D eigenvalue weighted by Crippen LogP contribution is 2.32. The summed E-state index contributed by atoms with van der Waals surface area (Å²) in [6.45, 7) is 5.00. The predicted octanol–water partition coefficient (Wildman–Crippen LogP) is 2.96. The van der Waals surface area contributed by atoms with Crippen LogP contribution in [0.3, 0.4) is 0 Å². The molecule has 4 heteroatoms. The van der Waals surface area contributed by atoms with Gasteiger partial charge in [-0.05, 0) is 6.07 Å². The largest absolute Gasteiger partial charge is 0.497 e. The molecule has 0 fully saturated rings. The molecule has 0 amide bonds. The lowest BCUT2D eigenvalue weighted by Gasteiger charge is -2.15. The first kappa shape index (κ1) is 13.3. The maximum Gasteiger partial charge on any atom is 0.128 e. The highest BCUT2D eigenvalue weighted by Gasteiger charge is 2.10. The van der Waals surface area contributed by atoms with Crippen LogP contribution in [0.4, 0.5) is 0 Å². The Labute approximate surface area is 105 Å². The Morgan fingerprint density at radius 1 is 1.25 bits per heavy atom. The van der Waals surface area contributed by atoms with Crippen molar-refractivity contribution in [1.82, 2.24) is 5.32 Å². The van der Waals surface area contributed by atoms with Crippen molar-refractivity contribution in [2.24, 2.45) is 0 Å². The molecule has 0 spiro atoms. The third-order valence-corrected chi connectivity index (χ3v) is 2.98. The first-order chi connectivity index (χ1) is 7.58. The maximum absolute atomic E-state index is 5.35. The lowest BCUT2D eigenvalue weighted by Crippen LogP contribution is -2.22. The topological polar surface area (TPSA) is 30.5 Å². The third-order valence-electron chi connectivity index (χ3n) is 2.27. The zero-order valence-corrected chi connectivity index (χ0v) is 11.7. The molecule has 90 valence electrons. The first-order valence-corrected chi connectivity index (χ1v) is 6.01. The second-order valence-corrected chi connectivity index (χ2v) is 4.68. The van der Waals surface area contributed by atoms with Crippen molar-refractivity contribution < 1.29 is 9.47 Å². The van der Waals surface area contributed by atoms with Gasteiger partial charge in [-0.2, -0.15) is 0 Å². The number of halogens is 1. The summed E-state index contributed by atoms with van der Waals surface area (Å²) < 4.78 is 11.5. The number of hydrogen-bond donors (Lipinski definition) is 1. The van der Waals surface area contributed by atoms with Crippen LogP contribution in [0.2, 0.25) is 0 Å². The van der Waals surface area contributed by atoms with Crippen molar-refractivity contribution >= 4 is 15.9 Å². The summed E-state index contributed by atoms with van der Waals surface area (Å²) in [6, 6.07) is 4.28. The predicted molar refractivity (Wildman–Crippen MR) is 69.2 cm³/mol. The van der Waals surface area contributed by atoms with E-state index in [4.69, 9.17) is 9.47 Å². The fourth-order valence-corrected chi connectivity index (χ4v) is 1.93. The van der Waals surface area contributed by atoms with Gasteiger partial charge in [-0.3, -0.25) is 0 Å². The molecule has 0 aromatic heterocycles. The number of nitrogens with one attached hydrogen (secondary N) is 1. The second kappa shape index (κ2) is 6.11. The summed E-state index contributed by atoms with van der Waals surface area (Å²) in [5.74, 6) is 1.62. The quantitative estimate of drug-likeness (QED) is 0.903. The molecule has 0 heterocycles. The molecule has 1 rings (SSSR count). The summed E-state index contributed by atoms with van der Waals surface area (Å²) in [5.41, 5.74) is 1.11. The molecule has 0 unspecified atom stereocenters. The van der Waals surface area contributed by atoms with Crippen LogP contribution < -0.4 is 14.8 Å². The van der Waals surface area contributed by atoms with E-state index in [0.29, 0.717) is 6.04 Å². The van der Waals surface area contributed by atoms with Gasteiger partial charge in [0.05, 0.1) is 14.2 Å². The van der Waals surface area contributed by atoms with Gasteiger partial charge in [-0.15, -0.1) is 0 Å². The van der Waals surface area contributed by atoms with Crippen LogP contribution in [0.15, 0.2) is 16.6 Å². The lowest BCUT2D eigenvalue weighted by molar-refractivity contribution is 0.388. The van der Waals surface area contributed by atoms with E-state index in [-0.39, 0.29) is 0 Å². The summed E-state index contributed by atoms with van der Waals surface area (Å²) in [6.07, 6.45) is 0. The fourth-order valence-electron chi connectivity index (χ4n) is 1.37. The van der Waals surface area contributed by atoms with Crippen molar-refractivity contribution in [3.8, 4) is 11.5 Å². The molecule has 0 atom stereocenters. The van der Waals surface area contributed by atoms with Crippen LogP contribution in [-0.2, 0) is 6.54 Å². The van der Waals surface area contributed by atoms with Gasteiger partial charge >= 0.3 is 0 Å². The molecular weight excluding hydrogens is 270 g/mol. The average Bonchev–Trinajstić information content (AvgIpc) is 2.26. The van der Waals surface area contributed by atoms with Crippen LogP contribution in [0.1, 0.15) is 19.4 Å². The van der Waals surface area contributed by atoms with Gasteiger partial charge in [0.2, 0.25) is 0 Å². The minimum Gasteiger partial charge on any atom is -0.497 e. The molecule has 1 N–H and O–H groups in total. The van der Waals surface area contributed by atoms with Gasteiger partial charge in [0.1, 0.15) is 11.5 Å². The van der Waals surface area contributed by atoms with Gasteiger partial charge in [-0.25, -0.2) is 0 Å². The van der Waals surface area contributed by atoms with Gasteiger partial charge in [0, 0.05) is 28.7 Å². The molecule has 0 saturated heterocycles. The van der Waals surface area contributed by atoms with Crippen molar-refractivity contribution in [2.75, 3.05) is 14.2 Å². The van der Waals surface area contributed by atoms with Crippen LogP contribution in [0, 0.1) is 0 Å². The standard InChI is InChI=1S/C12H18BrNO2/c1-8(2)14-7-10-11(13)5-9(15-3)6-12(10)16-4/h5-6,8,14H,7H2,1-4H3. The van der Waals surface area contributed by atoms with E-state index in [2.05, 4.69) is 35.1 Å². The zero-order chi connectivity index (χ0) is 12.1. The Morgan fingerprint density at radius 3 is 2.44 bits per heavy atom. The van der Waals surface area contributed by atoms with Crippen LogP contribution in [0.5, 0.6) is 11.5 Å². The molecular formula is C12H18BrNO2. The Kier molecular flexibility index (Phi) is 5.09. The fraction of sp³-hybridized carbons (Fsp3) is 0.500. The van der Waals surface area contributed by atoms with E-state index in [1.54, 1.807) is 14.2 Å². The normalized spacial score (nSPS) is 10.6. The van der Waals surface area contributed by atoms with E-state index in [9.17, 15) is 0 Å². The number of methoxy groups -OCH3 is 2. The van der Waals surface area contributed by atoms with Gasteiger partial charge in [0.25, 0.3) is 0 Å². The van der Waals surface area contributed by atoms with Crippen LogP contribution in [0.25, 0.3) is 0 Å². The van der Waals surface area contributed by atoms with E-state index in [1.165, 1.54) is 0 Å². The Bertz CT molecular complexity index is 353. The Morgan fingerprint density at radius 2 is 1.94 bits per heavy atom.